The Morgan fingerprint density at radius 1 is 1.26 bits per heavy atom. The Kier molecular flexibility index (Phi) is 5.38. The predicted molar refractivity (Wildman–Crippen MR) is 103 cm³/mol. The molecule has 0 saturated carbocycles. The molecule has 2 heterocycles. The van der Waals surface area contributed by atoms with Crippen molar-refractivity contribution in [2.75, 3.05) is 0 Å². The fourth-order valence-corrected chi connectivity index (χ4v) is 2.65. The molecule has 1 aromatic carbocycles. The van der Waals surface area contributed by atoms with E-state index in [1.807, 2.05) is 42.6 Å². The van der Waals surface area contributed by atoms with E-state index in [0.29, 0.717) is 23.5 Å². The van der Waals surface area contributed by atoms with Gasteiger partial charge in [-0.3, -0.25) is 4.79 Å². The zero-order valence-electron chi connectivity index (χ0n) is 15.1. The van der Waals surface area contributed by atoms with Crippen molar-refractivity contribution in [3.8, 4) is 6.07 Å². The molecule has 0 amide bonds. The first kappa shape index (κ1) is 18.0. The van der Waals surface area contributed by atoms with E-state index in [4.69, 9.17) is 5.26 Å². The van der Waals surface area contributed by atoms with Gasteiger partial charge in [0.1, 0.15) is 17.3 Å². The SMILES string of the molecule is Cc1cc(C)n(/N=C\C=C\c2cn(Cc3ccccc3)nn2)c(=O)c1C#N. The highest BCUT2D eigenvalue weighted by molar-refractivity contribution is 5.77. The Labute approximate surface area is 156 Å². The van der Waals surface area contributed by atoms with E-state index in [1.54, 1.807) is 36.7 Å². The highest BCUT2D eigenvalue weighted by Crippen LogP contribution is 2.05. The summed E-state index contributed by atoms with van der Waals surface area (Å²) in [5, 5.41) is 21.4. The summed E-state index contributed by atoms with van der Waals surface area (Å²) >= 11 is 0. The van der Waals surface area contributed by atoms with Gasteiger partial charge in [0, 0.05) is 11.9 Å². The van der Waals surface area contributed by atoms with Gasteiger partial charge in [0.05, 0.1) is 12.7 Å². The molecule has 27 heavy (non-hydrogen) atoms. The lowest BCUT2D eigenvalue weighted by molar-refractivity contribution is 0.649. The van der Waals surface area contributed by atoms with Gasteiger partial charge in [-0.1, -0.05) is 35.5 Å². The molecule has 0 bridgehead atoms. The van der Waals surface area contributed by atoms with E-state index in [2.05, 4.69) is 15.4 Å². The maximum Gasteiger partial charge on any atom is 0.289 e. The first-order chi connectivity index (χ1) is 13.1. The average Bonchev–Trinajstić information content (AvgIpc) is 3.09. The van der Waals surface area contributed by atoms with Crippen LogP contribution in [0.2, 0.25) is 0 Å². The van der Waals surface area contributed by atoms with Crippen molar-refractivity contribution in [1.82, 2.24) is 19.7 Å². The number of aromatic nitrogens is 4. The maximum atomic E-state index is 12.3. The Balaban J connectivity index is 1.72. The van der Waals surface area contributed by atoms with Crippen LogP contribution in [-0.4, -0.2) is 25.9 Å². The van der Waals surface area contributed by atoms with Gasteiger partial charge in [0.2, 0.25) is 0 Å². The van der Waals surface area contributed by atoms with Gasteiger partial charge in [-0.05, 0) is 43.2 Å². The van der Waals surface area contributed by atoms with E-state index in [9.17, 15) is 4.79 Å². The molecule has 0 saturated heterocycles. The van der Waals surface area contributed by atoms with Crippen molar-refractivity contribution in [2.45, 2.75) is 20.4 Å². The van der Waals surface area contributed by atoms with Gasteiger partial charge in [-0.15, -0.1) is 5.10 Å². The summed E-state index contributed by atoms with van der Waals surface area (Å²) in [6.45, 7) is 4.15. The second-order valence-corrected chi connectivity index (χ2v) is 6.02. The summed E-state index contributed by atoms with van der Waals surface area (Å²) in [4.78, 5) is 12.3. The van der Waals surface area contributed by atoms with Crippen LogP contribution in [0.15, 0.2) is 58.6 Å². The number of pyridine rings is 1. The monoisotopic (exact) mass is 358 g/mol. The molecule has 0 atom stereocenters. The Hall–Kier alpha value is -3.79. The topological polar surface area (TPSA) is 88.9 Å². The molecule has 0 aliphatic carbocycles. The lowest BCUT2D eigenvalue weighted by Crippen LogP contribution is -2.22. The lowest BCUT2D eigenvalue weighted by atomic mass is 10.1. The third-order valence-corrected chi connectivity index (χ3v) is 3.95. The highest BCUT2D eigenvalue weighted by atomic mass is 16.1. The molecule has 7 heteroatoms. The zero-order chi connectivity index (χ0) is 19.2. The summed E-state index contributed by atoms with van der Waals surface area (Å²) < 4.78 is 2.96. The number of nitrogens with zero attached hydrogens (tertiary/aromatic N) is 6. The standard InChI is InChI=1S/C20H18N6O/c1-15-11-16(2)26(20(27)19(15)12-21)22-10-6-9-18-14-25(24-23-18)13-17-7-4-3-5-8-17/h3-11,14H,13H2,1-2H3/b9-6+,22-10-. The first-order valence-corrected chi connectivity index (χ1v) is 8.37. The summed E-state index contributed by atoms with van der Waals surface area (Å²) in [6, 6.07) is 13.7. The van der Waals surface area contributed by atoms with Crippen molar-refractivity contribution in [3.63, 3.8) is 0 Å². The largest absolute Gasteiger partial charge is 0.289 e. The predicted octanol–water partition coefficient (Wildman–Crippen LogP) is 2.52. The molecule has 7 nitrogen and oxygen atoms in total. The minimum absolute atomic E-state index is 0.102. The van der Waals surface area contributed by atoms with E-state index in [1.165, 1.54) is 10.9 Å². The molecule has 3 aromatic rings. The molecule has 2 aromatic heterocycles. The van der Waals surface area contributed by atoms with Crippen LogP contribution in [0.3, 0.4) is 0 Å². The molecule has 3 rings (SSSR count). The number of aryl methyl sites for hydroxylation is 2. The van der Waals surface area contributed by atoms with Crippen molar-refractivity contribution >= 4 is 12.3 Å². The van der Waals surface area contributed by atoms with Crippen LogP contribution in [0.1, 0.15) is 28.1 Å². The second-order valence-electron chi connectivity index (χ2n) is 6.02. The number of hydrogen-bond acceptors (Lipinski definition) is 5. The Bertz CT molecular complexity index is 1100. The second kappa shape index (κ2) is 8.06. The minimum atomic E-state index is -0.423. The average molecular weight is 358 g/mol. The van der Waals surface area contributed by atoms with Gasteiger partial charge in [-0.25, -0.2) is 9.36 Å². The van der Waals surface area contributed by atoms with Gasteiger partial charge in [-0.2, -0.15) is 10.4 Å². The van der Waals surface area contributed by atoms with E-state index in [0.717, 1.165) is 5.56 Å². The normalized spacial score (nSPS) is 11.3. The molecule has 0 spiro atoms. The lowest BCUT2D eigenvalue weighted by Gasteiger charge is -2.05. The quantitative estimate of drug-likeness (QED) is 0.656. The van der Waals surface area contributed by atoms with Crippen LogP contribution in [-0.2, 0) is 6.54 Å². The van der Waals surface area contributed by atoms with Crippen molar-refractivity contribution < 1.29 is 0 Å². The highest BCUT2D eigenvalue weighted by Gasteiger charge is 2.08. The zero-order valence-corrected chi connectivity index (χ0v) is 15.1. The van der Waals surface area contributed by atoms with Gasteiger partial charge in [0.25, 0.3) is 5.56 Å². The number of benzene rings is 1. The molecule has 0 unspecified atom stereocenters. The maximum absolute atomic E-state index is 12.3. The summed E-state index contributed by atoms with van der Waals surface area (Å²) in [7, 11) is 0. The summed E-state index contributed by atoms with van der Waals surface area (Å²) in [5.74, 6) is 0. The van der Waals surface area contributed by atoms with Crippen molar-refractivity contribution in [1.29, 1.82) is 5.26 Å². The Morgan fingerprint density at radius 2 is 2.04 bits per heavy atom. The van der Waals surface area contributed by atoms with Gasteiger partial charge < -0.3 is 0 Å². The first-order valence-electron chi connectivity index (χ1n) is 8.37. The van der Waals surface area contributed by atoms with Crippen molar-refractivity contribution in [2.24, 2.45) is 5.10 Å². The number of allylic oxidation sites excluding steroid dienone is 1. The summed E-state index contributed by atoms with van der Waals surface area (Å²) in [6.07, 6.45) is 6.74. The molecule has 0 N–H and O–H groups in total. The number of rotatable bonds is 5. The van der Waals surface area contributed by atoms with Crippen LogP contribution >= 0.6 is 0 Å². The molecule has 0 aliphatic rings. The molecule has 0 aliphatic heterocycles. The molecular formula is C20H18N6O. The third-order valence-electron chi connectivity index (χ3n) is 3.95. The molecular weight excluding hydrogens is 340 g/mol. The third kappa shape index (κ3) is 4.25. The van der Waals surface area contributed by atoms with Crippen LogP contribution in [0.4, 0.5) is 0 Å². The van der Waals surface area contributed by atoms with Crippen molar-refractivity contribution in [3.05, 3.63) is 87.1 Å². The van der Waals surface area contributed by atoms with Crippen LogP contribution < -0.4 is 5.56 Å². The minimum Gasteiger partial charge on any atom is -0.266 e. The number of hydrogen-bond donors (Lipinski definition) is 0. The van der Waals surface area contributed by atoms with E-state index in [-0.39, 0.29) is 5.56 Å². The Morgan fingerprint density at radius 3 is 2.78 bits per heavy atom. The number of nitriles is 1. The molecule has 0 fully saturated rings. The van der Waals surface area contributed by atoms with Crippen LogP contribution in [0.5, 0.6) is 0 Å². The van der Waals surface area contributed by atoms with Crippen LogP contribution in [0.25, 0.3) is 6.08 Å². The van der Waals surface area contributed by atoms with Gasteiger partial charge in [0.15, 0.2) is 0 Å². The molecule has 0 radical (unpaired) electrons. The fraction of sp³-hybridized carbons (Fsp3) is 0.150. The van der Waals surface area contributed by atoms with E-state index >= 15 is 0 Å². The molecule has 134 valence electrons. The van der Waals surface area contributed by atoms with Crippen LogP contribution in [0, 0.1) is 25.2 Å². The fourth-order valence-electron chi connectivity index (χ4n) is 2.65. The summed E-state index contributed by atoms with van der Waals surface area (Å²) in [5.41, 5.74) is 2.82. The van der Waals surface area contributed by atoms with E-state index < -0.39 is 5.56 Å². The van der Waals surface area contributed by atoms with Gasteiger partial charge >= 0.3 is 0 Å². The smallest absolute Gasteiger partial charge is 0.266 e.